The van der Waals surface area contributed by atoms with Crippen molar-refractivity contribution in [3.63, 3.8) is 0 Å². The van der Waals surface area contributed by atoms with Crippen LogP contribution < -0.4 is 10.1 Å². The molecule has 2 heterocycles. The molecule has 1 aromatic heterocycles. The van der Waals surface area contributed by atoms with E-state index in [9.17, 15) is 0 Å². The van der Waals surface area contributed by atoms with Gasteiger partial charge in [0, 0.05) is 19.3 Å². The third-order valence-corrected chi connectivity index (χ3v) is 2.53. The van der Waals surface area contributed by atoms with E-state index in [0.29, 0.717) is 18.1 Å². The van der Waals surface area contributed by atoms with Crippen molar-refractivity contribution < 1.29 is 9.47 Å². The third-order valence-electron chi connectivity index (χ3n) is 2.53. The second-order valence-corrected chi connectivity index (χ2v) is 4.01. The van der Waals surface area contributed by atoms with Gasteiger partial charge in [0.1, 0.15) is 24.3 Å². The number of morpholine rings is 1. The van der Waals surface area contributed by atoms with Crippen LogP contribution in [0.15, 0.2) is 18.3 Å². The van der Waals surface area contributed by atoms with Gasteiger partial charge >= 0.3 is 0 Å². The molecule has 1 N–H and O–H groups in total. The van der Waals surface area contributed by atoms with Crippen molar-refractivity contribution in [2.24, 2.45) is 0 Å². The number of hydrogen-bond acceptors (Lipinski definition) is 5. The first kappa shape index (κ1) is 11.8. The minimum Gasteiger partial charge on any atom is -0.474 e. The monoisotopic (exact) mass is 233 g/mol. The van der Waals surface area contributed by atoms with Gasteiger partial charge in [0.05, 0.1) is 6.10 Å². The maximum absolute atomic E-state index is 8.88. The Morgan fingerprint density at radius 2 is 2.53 bits per heavy atom. The Morgan fingerprint density at radius 3 is 3.29 bits per heavy atom. The van der Waals surface area contributed by atoms with Crippen LogP contribution in [0.3, 0.4) is 0 Å². The Labute approximate surface area is 100 Å². The fourth-order valence-electron chi connectivity index (χ4n) is 1.73. The highest BCUT2D eigenvalue weighted by Crippen LogP contribution is 2.13. The van der Waals surface area contributed by atoms with Crippen molar-refractivity contribution in [3.8, 4) is 11.9 Å². The molecule has 1 aliphatic heterocycles. The molecule has 5 heteroatoms. The number of ether oxygens (including phenoxy) is 2. The molecular weight excluding hydrogens is 218 g/mol. The number of nitrogens with one attached hydrogen (secondary N) is 1. The number of hydrogen-bond donors (Lipinski definition) is 1. The number of nitriles is 1. The van der Waals surface area contributed by atoms with E-state index in [-0.39, 0.29) is 12.2 Å². The molecule has 0 spiro atoms. The van der Waals surface area contributed by atoms with E-state index in [2.05, 4.69) is 10.3 Å². The highest BCUT2D eigenvalue weighted by atomic mass is 16.5. The first-order chi connectivity index (χ1) is 8.29. The molecule has 90 valence electrons. The molecule has 1 fully saturated rings. The van der Waals surface area contributed by atoms with Crippen molar-refractivity contribution in [3.05, 3.63) is 23.9 Å². The normalized spacial score (nSPS) is 24.0. The molecule has 0 aliphatic carbocycles. The van der Waals surface area contributed by atoms with Gasteiger partial charge in [-0.3, -0.25) is 0 Å². The first-order valence-corrected chi connectivity index (χ1v) is 5.63. The van der Waals surface area contributed by atoms with Crippen LogP contribution in [-0.2, 0) is 4.74 Å². The second kappa shape index (κ2) is 5.62. The van der Waals surface area contributed by atoms with Crippen LogP contribution in [-0.4, -0.2) is 36.9 Å². The largest absolute Gasteiger partial charge is 0.474 e. The summed E-state index contributed by atoms with van der Waals surface area (Å²) in [4.78, 5) is 4.03. The van der Waals surface area contributed by atoms with E-state index < -0.39 is 0 Å². The van der Waals surface area contributed by atoms with Crippen LogP contribution in [0, 0.1) is 11.3 Å². The molecule has 2 rings (SSSR count). The lowest BCUT2D eigenvalue weighted by Crippen LogP contribution is -2.45. The molecular formula is C12H15N3O2. The number of nitrogens with zero attached hydrogens (tertiary/aromatic N) is 2. The van der Waals surface area contributed by atoms with E-state index in [0.717, 1.165) is 13.1 Å². The highest BCUT2D eigenvalue weighted by molar-refractivity contribution is 5.36. The third kappa shape index (κ3) is 3.16. The Hall–Kier alpha value is -1.64. The molecule has 17 heavy (non-hydrogen) atoms. The Morgan fingerprint density at radius 1 is 1.65 bits per heavy atom. The van der Waals surface area contributed by atoms with Crippen LogP contribution in [0.4, 0.5) is 0 Å². The van der Waals surface area contributed by atoms with Gasteiger partial charge in [-0.05, 0) is 19.1 Å². The summed E-state index contributed by atoms with van der Waals surface area (Å²) < 4.78 is 11.2. The molecule has 1 aliphatic rings. The highest BCUT2D eigenvalue weighted by Gasteiger charge is 2.19. The number of pyridine rings is 1. The zero-order valence-corrected chi connectivity index (χ0v) is 9.72. The summed E-state index contributed by atoms with van der Waals surface area (Å²) in [7, 11) is 0. The van der Waals surface area contributed by atoms with E-state index in [1.807, 2.05) is 13.0 Å². The quantitative estimate of drug-likeness (QED) is 0.832. The zero-order chi connectivity index (χ0) is 12.1. The molecule has 0 radical (unpaired) electrons. The van der Waals surface area contributed by atoms with E-state index in [1.54, 1.807) is 18.3 Å². The Bertz CT molecular complexity index is 416. The summed E-state index contributed by atoms with van der Waals surface area (Å²) in [6.45, 7) is 4.05. The van der Waals surface area contributed by atoms with Gasteiger partial charge in [-0.1, -0.05) is 0 Å². The summed E-state index contributed by atoms with van der Waals surface area (Å²) in [5.74, 6) is 0.372. The van der Waals surface area contributed by atoms with Crippen molar-refractivity contribution in [2.45, 2.75) is 19.1 Å². The smallest absolute Gasteiger partial charge is 0.231 e. The minimum atomic E-state index is 0.00676. The molecule has 0 saturated carbocycles. The van der Waals surface area contributed by atoms with Gasteiger partial charge < -0.3 is 14.8 Å². The maximum Gasteiger partial charge on any atom is 0.231 e. The van der Waals surface area contributed by atoms with Crippen molar-refractivity contribution in [1.29, 1.82) is 5.26 Å². The van der Waals surface area contributed by atoms with Crippen molar-refractivity contribution in [1.82, 2.24) is 10.3 Å². The molecule has 0 bridgehead atoms. The van der Waals surface area contributed by atoms with Crippen LogP contribution in [0.5, 0.6) is 5.88 Å². The lowest BCUT2D eigenvalue weighted by Gasteiger charge is -2.28. The van der Waals surface area contributed by atoms with Gasteiger partial charge in [-0.2, -0.15) is 5.26 Å². The second-order valence-electron chi connectivity index (χ2n) is 4.01. The molecule has 2 unspecified atom stereocenters. The Balaban J connectivity index is 1.91. The summed E-state index contributed by atoms with van der Waals surface area (Å²) >= 11 is 0. The summed E-state index contributed by atoms with van der Waals surface area (Å²) in [5.41, 5.74) is 0.448. The van der Waals surface area contributed by atoms with Crippen LogP contribution in [0.2, 0.25) is 0 Å². The lowest BCUT2D eigenvalue weighted by atomic mass is 10.2. The average Bonchev–Trinajstić information content (AvgIpc) is 2.37. The van der Waals surface area contributed by atoms with Crippen molar-refractivity contribution in [2.75, 3.05) is 19.7 Å². The van der Waals surface area contributed by atoms with Gasteiger partial charge in [-0.15, -0.1) is 0 Å². The molecule has 5 nitrogen and oxygen atoms in total. The molecule has 0 aromatic carbocycles. The van der Waals surface area contributed by atoms with Gasteiger partial charge in [-0.25, -0.2) is 4.98 Å². The topological polar surface area (TPSA) is 67.2 Å². The fraction of sp³-hybridized carbons (Fsp3) is 0.500. The summed E-state index contributed by atoms with van der Waals surface area (Å²) in [6, 6.07) is 5.45. The maximum atomic E-state index is 8.88. The molecule has 2 atom stereocenters. The fourth-order valence-corrected chi connectivity index (χ4v) is 1.73. The van der Waals surface area contributed by atoms with Crippen molar-refractivity contribution >= 4 is 0 Å². The van der Waals surface area contributed by atoms with Gasteiger partial charge in [0.15, 0.2) is 0 Å². The van der Waals surface area contributed by atoms with E-state index >= 15 is 0 Å². The number of rotatable bonds is 3. The van der Waals surface area contributed by atoms with Crippen LogP contribution in [0.25, 0.3) is 0 Å². The van der Waals surface area contributed by atoms with E-state index in [4.69, 9.17) is 14.7 Å². The molecule has 0 amide bonds. The van der Waals surface area contributed by atoms with Crippen LogP contribution in [0.1, 0.15) is 12.5 Å². The van der Waals surface area contributed by atoms with Gasteiger partial charge in [0.25, 0.3) is 0 Å². The Kier molecular flexibility index (Phi) is 3.91. The van der Waals surface area contributed by atoms with Gasteiger partial charge in [0.2, 0.25) is 5.88 Å². The predicted molar refractivity (Wildman–Crippen MR) is 61.7 cm³/mol. The van der Waals surface area contributed by atoms with Crippen LogP contribution >= 0.6 is 0 Å². The summed E-state index contributed by atoms with van der Waals surface area (Å²) in [6.07, 6.45) is 1.81. The molecule has 1 aromatic rings. The average molecular weight is 233 g/mol. The zero-order valence-electron chi connectivity index (χ0n) is 9.72. The SMILES string of the molecule is CC1CNCC(COc2ncccc2C#N)O1. The summed E-state index contributed by atoms with van der Waals surface area (Å²) in [5, 5.41) is 12.1. The standard InChI is InChI=1S/C12H15N3O2/c1-9-6-14-7-11(17-9)8-16-12-10(5-13)3-2-4-15-12/h2-4,9,11,14H,6-8H2,1H3. The first-order valence-electron chi connectivity index (χ1n) is 5.63. The minimum absolute atomic E-state index is 0.00676. The lowest BCUT2D eigenvalue weighted by molar-refractivity contribution is -0.0476. The number of aromatic nitrogens is 1. The van der Waals surface area contributed by atoms with E-state index in [1.165, 1.54) is 0 Å². The molecule has 1 saturated heterocycles. The predicted octanol–water partition coefficient (Wildman–Crippen LogP) is 0.709.